The summed E-state index contributed by atoms with van der Waals surface area (Å²) in [5, 5.41) is 0. The SMILES string of the molecule is CC.Fc1ccccc1N1CCN(C2CC3CCC2C3)CC1. The van der Waals surface area contributed by atoms with Crippen LogP contribution in [0.15, 0.2) is 24.3 Å². The predicted octanol–water partition coefficient (Wildman–Crippen LogP) is 4.16. The molecule has 0 amide bonds. The summed E-state index contributed by atoms with van der Waals surface area (Å²) in [5.41, 5.74) is 0.778. The van der Waals surface area contributed by atoms with Crippen molar-refractivity contribution in [1.82, 2.24) is 4.90 Å². The third kappa shape index (κ3) is 3.01. The van der Waals surface area contributed by atoms with Gasteiger partial charge in [0.2, 0.25) is 0 Å². The molecule has 1 heterocycles. The van der Waals surface area contributed by atoms with Gasteiger partial charge in [0.15, 0.2) is 0 Å². The second-order valence-electron chi connectivity index (χ2n) is 6.72. The number of para-hydroxylation sites is 1. The summed E-state index contributed by atoms with van der Waals surface area (Å²) in [7, 11) is 0. The van der Waals surface area contributed by atoms with Crippen molar-refractivity contribution in [2.24, 2.45) is 11.8 Å². The van der Waals surface area contributed by atoms with Crippen molar-refractivity contribution in [2.45, 2.75) is 45.6 Å². The smallest absolute Gasteiger partial charge is 0.146 e. The average molecular weight is 304 g/mol. The summed E-state index contributed by atoms with van der Waals surface area (Å²) >= 11 is 0. The Morgan fingerprint density at radius 2 is 1.68 bits per heavy atom. The van der Waals surface area contributed by atoms with Crippen molar-refractivity contribution >= 4 is 5.69 Å². The first kappa shape index (κ1) is 15.8. The molecule has 1 aromatic carbocycles. The quantitative estimate of drug-likeness (QED) is 0.809. The van der Waals surface area contributed by atoms with Crippen LogP contribution in [0.4, 0.5) is 10.1 Å². The first-order chi connectivity index (χ1) is 10.8. The Labute approximate surface area is 134 Å². The van der Waals surface area contributed by atoms with E-state index < -0.39 is 0 Å². The van der Waals surface area contributed by atoms with Crippen LogP contribution in [-0.2, 0) is 0 Å². The van der Waals surface area contributed by atoms with Crippen molar-refractivity contribution < 1.29 is 4.39 Å². The summed E-state index contributed by atoms with van der Waals surface area (Å²) in [5.74, 6) is 1.88. The Morgan fingerprint density at radius 1 is 0.955 bits per heavy atom. The summed E-state index contributed by atoms with van der Waals surface area (Å²) in [6.45, 7) is 8.13. The van der Waals surface area contributed by atoms with E-state index in [1.165, 1.54) is 25.7 Å². The second-order valence-corrected chi connectivity index (χ2v) is 6.72. The van der Waals surface area contributed by atoms with Gasteiger partial charge in [-0.1, -0.05) is 32.4 Å². The summed E-state index contributed by atoms with van der Waals surface area (Å²) < 4.78 is 13.8. The van der Waals surface area contributed by atoms with E-state index in [1.54, 1.807) is 12.1 Å². The average Bonchev–Trinajstić information content (AvgIpc) is 3.21. The van der Waals surface area contributed by atoms with Crippen LogP contribution in [0.1, 0.15) is 39.5 Å². The van der Waals surface area contributed by atoms with Gasteiger partial charge in [-0.2, -0.15) is 0 Å². The third-order valence-corrected chi connectivity index (χ3v) is 5.68. The van der Waals surface area contributed by atoms with Gasteiger partial charge in [0.25, 0.3) is 0 Å². The van der Waals surface area contributed by atoms with Gasteiger partial charge in [-0.05, 0) is 43.2 Å². The minimum Gasteiger partial charge on any atom is -0.367 e. The van der Waals surface area contributed by atoms with Crippen LogP contribution in [0, 0.1) is 17.7 Å². The fourth-order valence-electron chi connectivity index (χ4n) is 4.66. The minimum absolute atomic E-state index is 0.0825. The molecule has 3 unspecified atom stereocenters. The molecule has 3 atom stereocenters. The lowest BCUT2D eigenvalue weighted by atomic mass is 9.93. The van der Waals surface area contributed by atoms with Crippen molar-refractivity contribution in [3.05, 3.63) is 30.1 Å². The van der Waals surface area contributed by atoms with E-state index in [1.807, 2.05) is 26.0 Å². The van der Waals surface area contributed by atoms with Crippen molar-refractivity contribution in [1.29, 1.82) is 0 Å². The van der Waals surface area contributed by atoms with Gasteiger partial charge < -0.3 is 4.90 Å². The van der Waals surface area contributed by atoms with Crippen LogP contribution in [0.2, 0.25) is 0 Å². The predicted molar refractivity (Wildman–Crippen MR) is 90.8 cm³/mol. The largest absolute Gasteiger partial charge is 0.367 e. The molecule has 3 aliphatic rings. The highest BCUT2D eigenvalue weighted by atomic mass is 19.1. The van der Waals surface area contributed by atoms with Crippen LogP contribution in [0.25, 0.3) is 0 Å². The Morgan fingerprint density at radius 3 is 2.27 bits per heavy atom. The number of anilines is 1. The molecule has 1 aromatic rings. The zero-order valence-corrected chi connectivity index (χ0v) is 14.0. The van der Waals surface area contributed by atoms with Crippen LogP contribution >= 0.6 is 0 Å². The molecule has 2 nitrogen and oxygen atoms in total. The van der Waals surface area contributed by atoms with E-state index in [9.17, 15) is 4.39 Å². The molecule has 2 bridgehead atoms. The van der Waals surface area contributed by atoms with Gasteiger partial charge in [-0.15, -0.1) is 0 Å². The number of hydrogen-bond acceptors (Lipinski definition) is 2. The molecule has 0 N–H and O–H groups in total. The first-order valence-electron chi connectivity index (χ1n) is 9.05. The lowest BCUT2D eigenvalue weighted by molar-refractivity contribution is 0.134. The molecule has 2 aliphatic carbocycles. The molecule has 3 fully saturated rings. The number of hydrogen-bond donors (Lipinski definition) is 0. The Kier molecular flexibility index (Phi) is 5.02. The van der Waals surface area contributed by atoms with Crippen LogP contribution in [0.3, 0.4) is 0 Å². The Hall–Kier alpha value is -1.09. The standard InChI is InChI=1S/C17H23FN2.C2H6/c18-15-3-1-2-4-16(15)19-7-9-20(10-8-19)17-12-13-5-6-14(17)11-13;1-2/h1-4,13-14,17H,5-12H2;1-2H3. The molecule has 0 radical (unpaired) electrons. The van der Waals surface area contributed by atoms with Crippen molar-refractivity contribution in [2.75, 3.05) is 31.1 Å². The lowest BCUT2D eigenvalue weighted by Crippen LogP contribution is -2.52. The van der Waals surface area contributed by atoms with E-state index in [4.69, 9.17) is 0 Å². The number of nitrogens with zero attached hydrogens (tertiary/aromatic N) is 2. The molecular formula is C19H29FN2. The highest BCUT2D eigenvalue weighted by molar-refractivity contribution is 5.48. The summed E-state index contributed by atoms with van der Waals surface area (Å²) in [6.07, 6.45) is 5.81. The van der Waals surface area contributed by atoms with E-state index in [0.717, 1.165) is 49.7 Å². The normalized spacial score (nSPS) is 31.0. The zero-order valence-electron chi connectivity index (χ0n) is 14.0. The van der Waals surface area contributed by atoms with E-state index in [0.29, 0.717) is 0 Å². The highest BCUT2D eigenvalue weighted by Crippen LogP contribution is 2.46. The highest BCUT2D eigenvalue weighted by Gasteiger charge is 2.42. The lowest BCUT2D eigenvalue weighted by Gasteiger charge is -2.41. The van der Waals surface area contributed by atoms with Gasteiger partial charge >= 0.3 is 0 Å². The minimum atomic E-state index is -0.0825. The second kappa shape index (κ2) is 6.99. The van der Waals surface area contributed by atoms with Crippen LogP contribution in [-0.4, -0.2) is 37.1 Å². The fraction of sp³-hybridized carbons (Fsp3) is 0.684. The summed E-state index contributed by atoms with van der Waals surface area (Å²) in [6, 6.07) is 8.00. The molecule has 4 rings (SSSR count). The van der Waals surface area contributed by atoms with Gasteiger partial charge in [-0.3, -0.25) is 4.90 Å². The van der Waals surface area contributed by atoms with Crippen LogP contribution < -0.4 is 4.90 Å². The number of halogens is 1. The number of rotatable bonds is 2. The zero-order chi connectivity index (χ0) is 15.5. The first-order valence-corrected chi connectivity index (χ1v) is 9.05. The molecule has 1 aliphatic heterocycles. The third-order valence-electron chi connectivity index (χ3n) is 5.68. The van der Waals surface area contributed by atoms with E-state index in [-0.39, 0.29) is 5.82 Å². The van der Waals surface area contributed by atoms with Crippen molar-refractivity contribution in [3.8, 4) is 0 Å². The number of benzene rings is 1. The molecule has 22 heavy (non-hydrogen) atoms. The Balaban J connectivity index is 0.000000693. The molecule has 0 aromatic heterocycles. The number of piperazine rings is 1. The van der Waals surface area contributed by atoms with Gasteiger partial charge in [-0.25, -0.2) is 4.39 Å². The number of fused-ring (bicyclic) bond motifs is 2. The maximum atomic E-state index is 13.8. The van der Waals surface area contributed by atoms with E-state index in [2.05, 4.69) is 9.80 Å². The van der Waals surface area contributed by atoms with Gasteiger partial charge in [0.05, 0.1) is 5.69 Å². The molecule has 3 heteroatoms. The molecule has 1 saturated heterocycles. The Bertz CT molecular complexity index is 482. The summed E-state index contributed by atoms with van der Waals surface area (Å²) in [4.78, 5) is 4.89. The molecular weight excluding hydrogens is 275 g/mol. The maximum absolute atomic E-state index is 13.8. The molecule has 0 spiro atoms. The molecule has 122 valence electrons. The molecule has 2 saturated carbocycles. The van der Waals surface area contributed by atoms with Crippen LogP contribution in [0.5, 0.6) is 0 Å². The fourth-order valence-corrected chi connectivity index (χ4v) is 4.66. The van der Waals surface area contributed by atoms with Gasteiger partial charge in [0, 0.05) is 32.2 Å². The van der Waals surface area contributed by atoms with E-state index >= 15 is 0 Å². The van der Waals surface area contributed by atoms with Gasteiger partial charge in [0.1, 0.15) is 5.82 Å². The topological polar surface area (TPSA) is 6.48 Å². The monoisotopic (exact) mass is 304 g/mol. The maximum Gasteiger partial charge on any atom is 0.146 e. The van der Waals surface area contributed by atoms with Crippen molar-refractivity contribution in [3.63, 3.8) is 0 Å².